The number of hydrogen-bond acceptors (Lipinski definition) is 0. The van der Waals surface area contributed by atoms with Gasteiger partial charge < -0.3 is 0 Å². The molecule has 0 N–H and O–H groups in total. The molecule has 0 heteroatoms. The van der Waals surface area contributed by atoms with Gasteiger partial charge in [-0.2, -0.15) is 0 Å². The van der Waals surface area contributed by atoms with E-state index in [2.05, 4.69) is 37.3 Å². The van der Waals surface area contributed by atoms with Gasteiger partial charge in [0.2, 0.25) is 0 Å². The van der Waals surface area contributed by atoms with Gasteiger partial charge in [-0.1, -0.05) is 82.2 Å². The van der Waals surface area contributed by atoms with Gasteiger partial charge in [0, 0.05) is 0 Å². The molecule has 5 aliphatic rings. The van der Waals surface area contributed by atoms with Gasteiger partial charge in [0.05, 0.1) is 0 Å². The second-order valence-electron chi connectivity index (χ2n) is 12.9. The van der Waals surface area contributed by atoms with Crippen LogP contribution in [0.15, 0.2) is 47.1 Å². The average Bonchev–Trinajstić information content (AvgIpc) is 3.43. The summed E-state index contributed by atoms with van der Waals surface area (Å²) in [6.07, 6.45) is 40.2. The SMILES string of the molecule is CC(C1=CC=CC2=C(C=C1)CCCCCCC2)C1CCC(C2CCC(C3CCCC3)CC2)CC1. The minimum absolute atomic E-state index is 0.707. The molecule has 0 aliphatic heterocycles. The normalized spacial score (nSPS) is 34.9. The summed E-state index contributed by atoms with van der Waals surface area (Å²) in [5.74, 6) is 5.91. The first kappa shape index (κ1) is 24.6. The van der Waals surface area contributed by atoms with Crippen molar-refractivity contribution in [2.75, 3.05) is 0 Å². The molecule has 0 aromatic heterocycles. The van der Waals surface area contributed by atoms with Crippen LogP contribution in [0.3, 0.4) is 0 Å². The van der Waals surface area contributed by atoms with Gasteiger partial charge in [-0.3, -0.25) is 0 Å². The lowest BCUT2D eigenvalue weighted by Gasteiger charge is -2.40. The number of allylic oxidation sites excluding steroid dienone is 8. The largest absolute Gasteiger partial charge is 0.0617 e. The van der Waals surface area contributed by atoms with Crippen LogP contribution in [-0.2, 0) is 0 Å². The maximum atomic E-state index is 2.53. The molecule has 1 atom stereocenters. The third-order valence-electron chi connectivity index (χ3n) is 11.0. The Bertz CT molecular complexity index is 754. The van der Waals surface area contributed by atoms with E-state index in [9.17, 15) is 0 Å². The molecule has 5 aliphatic carbocycles. The van der Waals surface area contributed by atoms with E-state index in [1.165, 1.54) is 83.5 Å². The smallest absolute Gasteiger partial charge is 0.0162 e. The summed E-state index contributed by atoms with van der Waals surface area (Å²) in [4.78, 5) is 0. The summed E-state index contributed by atoms with van der Waals surface area (Å²) >= 11 is 0. The summed E-state index contributed by atoms with van der Waals surface area (Å²) in [5, 5.41) is 0. The Labute approximate surface area is 211 Å². The lowest BCUT2D eigenvalue weighted by Crippen LogP contribution is -2.29. The van der Waals surface area contributed by atoms with Crippen LogP contribution >= 0.6 is 0 Å². The molecule has 0 amide bonds. The zero-order valence-corrected chi connectivity index (χ0v) is 22.3. The van der Waals surface area contributed by atoms with Gasteiger partial charge in [0.1, 0.15) is 0 Å². The minimum atomic E-state index is 0.707. The minimum Gasteiger partial charge on any atom is -0.0617 e. The molecule has 0 aromatic rings. The number of rotatable bonds is 4. The molecule has 0 spiro atoms. The molecule has 0 heterocycles. The van der Waals surface area contributed by atoms with Crippen molar-refractivity contribution in [1.82, 2.24) is 0 Å². The van der Waals surface area contributed by atoms with E-state index >= 15 is 0 Å². The van der Waals surface area contributed by atoms with Crippen molar-refractivity contribution in [3.63, 3.8) is 0 Å². The fourth-order valence-corrected chi connectivity index (χ4v) is 8.60. The van der Waals surface area contributed by atoms with E-state index in [4.69, 9.17) is 0 Å². The van der Waals surface area contributed by atoms with Crippen LogP contribution in [0.4, 0.5) is 0 Å². The van der Waals surface area contributed by atoms with Crippen molar-refractivity contribution in [2.24, 2.45) is 35.5 Å². The highest BCUT2D eigenvalue weighted by Crippen LogP contribution is 2.47. The maximum absolute atomic E-state index is 2.53. The maximum Gasteiger partial charge on any atom is -0.0162 e. The van der Waals surface area contributed by atoms with Crippen molar-refractivity contribution in [3.8, 4) is 0 Å². The summed E-state index contributed by atoms with van der Waals surface area (Å²) in [6.45, 7) is 2.53. The first-order chi connectivity index (χ1) is 16.8. The van der Waals surface area contributed by atoms with Gasteiger partial charge >= 0.3 is 0 Å². The standard InChI is InChI=1S/C34H52/c1-26(27-14-9-15-30-10-5-3-2-4-6-11-31(30)19-16-27)28-17-20-33(21-18-28)34-24-22-32(23-25-34)29-12-7-8-13-29/h9,14-16,19,26,28-29,32-34H,2-8,10-13,17-18,20-25H2,1H3. The second-order valence-corrected chi connectivity index (χ2v) is 12.9. The van der Waals surface area contributed by atoms with Crippen LogP contribution < -0.4 is 0 Å². The molecular weight excluding hydrogens is 408 g/mol. The lowest BCUT2D eigenvalue weighted by molar-refractivity contribution is 0.118. The predicted octanol–water partition coefficient (Wildman–Crippen LogP) is 10.5. The highest BCUT2D eigenvalue weighted by atomic mass is 14.4. The molecule has 5 rings (SSSR count). The molecule has 3 saturated carbocycles. The van der Waals surface area contributed by atoms with Crippen molar-refractivity contribution >= 4 is 0 Å². The highest BCUT2D eigenvalue weighted by Gasteiger charge is 2.35. The van der Waals surface area contributed by atoms with Crippen LogP contribution in [-0.4, -0.2) is 0 Å². The Balaban J connectivity index is 1.12. The van der Waals surface area contributed by atoms with E-state index in [1.54, 1.807) is 55.2 Å². The van der Waals surface area contributed by atoms with Gasteiger partial charge in [-0.15, -0.1) is 0 Å². The summed E-state index contributed by atoms with van der Waals surface area (Å²) in [6, 6.07) is 0. The molecular formula is C34H52. The molecule has 1 unspecified atom stereocenters. The summed E-state index contributed by atoms with van der Waals surface area (Å²) in [5.41, 5.74) is 4.83. The summed E-state index contributed by atoms with van der Waals surface area (Å²) < 4.78 is 0. The molecule has 0 aromatic carbocycles. The van der Waals surface area contributed by atoms with Crippen molar-refractivity contribution < 1.29 is 0 Å². The number of hydrogen-bond donors (Lipinski definition) is 0. The fourth-order valence-electron chi connectivity index (χ4n) is 8.60. The van der Waals surface area contributed by atoms with Crippen LogP contribution in [0.1, 0.15) is 129 Å². The molecule has 188 valence electrons. The molecule has 0 nitrogen and oxygen atoms in total. The molecule has 0 saturated heterocycles. The topological polar surface area (TPSA) is 0 Å². The zero-order valence-electron chi connectivity index (χ0n) is 22.3. The third-order valence-corrected chi connectivity index (χ3v) is 11.0. The molecule has 34 heavy (non-hydrogen) atoms. The van der Waals surface area contributed by atoms with Crippen LogP contribution in [0.5, 0.6) is 0 Å². The van der Waals surface area contributed by atoms with Crippen LogP contribution in [0.2, 0.25) is 0 Å². The Morgan fingerprint density at radius 3 is 1.65 bits per heavy atom. The van der Waals surface area contributed by atoms with E-state index in [1.807, 2.05) is 0 Å². The van der Waals surface area contributed by atoms with E-state index < -0.39 is 0 Å². The van der Waals surface area contributed by atoms with Gasteiger partial charge in [0.25, 0.3) is 0 Å². The Hall–Kier alpha value is -1.04. The quantitative estimate of drug-likeness (QED) is 0.391. The Kier molecular flexibility index (Phi) is 8.90. The molecule has 3 fully saturated rings. The van der Waals surface area contributed by atoms with Crippen LogP contribution in [0, 0.1) is 35.5 Å². The van der Waals surface area contributed by atoms with Gasteiger partial charge in [-0.25, -0.2) is 0 Å². The van der Waals surface area contributed by atoms with Crippen molar-refractivity contribution in [1.29, 1.82) is 0 Å². The second kappa shape index (κ2) is 12.3. The molecule has 0 radical (unpaired) electrons. The van der Waals surface area contributed by atoms with E-state index in [-0.39, 0.29) is 0 Å². The zero-order chi connectivity index (χ0) is 23.2. The van der Waals surface area contributed by atoms with Gasteiger partial charge in [0.15, 0.2) is 0 Å². The van der Waals surface area contributed by atoms with E-state index in [0.717, 1.165) is 29.6 Å². The van der Waals surface area contributed by atoms with Crippen LogP contribution in [0.25, 0.3) is 0 Å². The highest BCUT2D eigenvalue weighted by molar-refractivity contribution is 5.42. The Morgan fingerprint density at radius 2 is 1.03 bits per heavy atom. The molecule has 0 bridgehead atoms. The summed E-state index contributed by atoms with van der Waals surface area (Å²) in [7, 11) is 0. The first-order valence-corrected chi connectivity index (χ1v) is 15.6. The monoisotopic (exact) mass is 460 g/mol. The van der Waals surface area contributed by atoms with Crippen molar-refractivity contribution in [3.05, 3.63) is 47.1 Å². The first-order valence-electron chi connectivity index (χ1n) is 15.6. The third kappa shape index (κ3) is 6.20. The van der Waals surface area contributed by atoms with E-state index in [0.29, 0.717) is 5.92 Å². The predicted molar refractivity (Wildman–Crippen MR) is 148 cm³/mol. The lowest BCUT2D eigenvalue weighted by atomic mass is 9.65. The van der Waals surface area contributed by atoms with Gasteiger partial charge in [-0.05, 0) is 129 Å². The Morgan fingerprint density at radius 1 is 0.529 bits per heavy atom. The fraction of sp³-hybridized carbons (Fsp3) is 0.765. The van der Waals surface area contributed by atoms with Crippen molar-refractivity contribution in [2.45, 2.75) is 129 Å². The average molecular weight is 461 g/mol.